The second-order valence-corrected chi connectivity index (χ2v) is 6.69. The lowest BCUT2D eigenvalue weighted by Crippen LogP contribution is -1.99. The second-order valence-electron chi connectivity index (χ2n) is 6.69. The molecule has 0 aliphatic rings. The minimum absolute atomic E-state index is 0.0111. The first-order valence-electron chi connectivity index (χ1n) is 8.93. The average Bonchev–Trinajstić information content (AvgIpc) is 2.74. The van der Waals surface area contributed by atoms with E-state index >= 15 is 0 Å². The van der Waals surface area contributed by atoms with Gasteiger partial charge >= 0.3 is 0 Å². The van der Waals surface area contributed by atoms with Crippen molar-refractivity contribution >= 4 is 32.3 Å². The Bertz CT molecular complexity index is 1370. The van der Waals surface area contributed by atoms with Crippen LogP contribution in [0.4, 0.5) is 0 Å². The Morgan fingerprint density at radius 3 is 2.24 bits per heavy atom. The number of benzene rings is 4. The van der Waals surface area contributed by atoms with Crippen molar-refractivity contribution in [1.29, 1.82) is 0 Å². The van der Waals surface area contributed by atoms with E-state index in [0.717, 1.165) is 50.2 Å². The molecule has 0 radical (unpaired) electrons. The van der Waals surface area contributed by atoms with Gasteiger partial charge in [-0.25, -0.2) is 0 Å². The van der Waals surface area contributed by atoms with Crippen LogP contribution in [-0.2, 0) is 13.2 Å². The number of phenolic OH excluding ortho intramolecular Hbond substituents is 1. The monoisotopic (exact) mass is 390 g/mol. The summed E-state index contributed by atoms with van der Waals surface area (Å²) in [5, 5.41) is 42.9. The Kier molecular flexibility index (Phi) is 4.80. The van der Waals surface area contributed by atoms with E-state index in [1.807, 2.05) is 24.3 Å². The first-order valence-corrected chi connectivity index (χ1v) is 8.93. The summed E-state index contributed by atoms with van der Waals surface area (Å²) >= 11 is 0. The molecule has 6 heteroatoms. The minimum Gasteiger partial charge on any atom is -0.507 e. The van der Waals surface area contributed by atoms with Crippen molar-refractivity contribution in [2.75, 3.05) is 0 Å². The molecular weight excluding hydrogens is 372 g/mol. The fraction of sp³-hybridized carbons (Fsp3) is 0.0870. The predicted octanol–water partition coefficient (Wildman–Crippen LogP) is 3.62. The van der Waals surface area contributed by atoms with Crippen LogP contribution in [0.3, 0.4) is 0 Å². The van der Waals surface area contributed by atoms with Crippen molar-refractivity contribution in [3.8, 4) is 11.5 Å². The van der Waals surface area contributed by atoms with Gasteiger partial charge in [0.2, 0.25) is 5.43 Å². The van der Waals surface area contributed by atoms with E-state index in [-0.39, 0.29) is 19.0 Å². The lowest BCUT2D eigenvalue weighted by atomic mass is 9.92. The maximum absolute atomic E-state index is 10.6. The van der Waals surface area contributed by atoms with E-state index in [2.05, 4.69) is 22.6 Å². The lowest BCUT2D eigenvalue weighted by molar-refractivity contribution is 0.241. The molecule has 29 heavy (non-hydrogen) atoms. The van der Waals surface area contributed by atoms with Crippen molar-refractivity contribution in [3.05, 3.63) is 82.4 Å². The van der Waals surface area contributed by atoms with Crippen LogP contribution in [0, 0.1) is 0 Å². The smallest absolute Gasteiger partial charge is 0.226 e. The summed E-state index contributed by atoms with van der Waals surface area (Å²) < 4.78 is 4.59. The summed E-state index contributed by atoms with van der Waals surface area (Å²) in [4.78, 5) is 10.6. The van der Waals surface area contributed by atoms with Gasteiger partial charge in [-0.3, -0.25) is 4.79 Å². The molecule has 0 saturated carbocycles. The van der Waals surface area contributed by atoms with E-state index in [1.165, 1.54) is 0 Å². The zero-order valence-electron chi connectivity index (χ0n) is 15.3. The van der Waals surface area contributed by atoms with Gasteiger partial charge < -0.3 is 24.8 Å². The molecule has 0 aliphatic heterocycles. The molecule has 4 aromatic carbocycles. The van der Waals surface area contributed by atoms with Crippen molar-refractivity contribution in [1.82, 2.24) is 0 Å². The van der Waals surface area contributed by atoms with Gasteiger partial charge in [0.05, 0.1) is 6.61 Å². The third kappa shape index (κ3) is 3.35. The molecule has 0 bridgehead atoms. The van der Waals surface area contributed by atoms with E-state index in [9.17, 15) is 15.0 Å². The normalized spacial score (nSPS) is 11.1. The Morgan fingerprint density at radius 1 is 0.759 bits per heavy atom. The standard InChI is InChI=1S/C17H12O2.C6H6O4/c18-9-10-6-12-5-4-11-2-1-3-14-15(19)8-13(7-10)16(12)17(11)14;7-2-4-1-5(8)6(9)3-10-4/h1-8,18-19H,9H2;1,3,7,9H,2H2. The third-order valence-electron chi connectivity index (χ3n) is 4.82. The largest absolute Gasteiger partial charge is 0.507 e. The van der Waals surface area contributed by atoms with Gasteiger partial charge in [0.25, 0.3) is 0 Å². The van der Waals surface area contributed by atoms with Crippen LogP contribution in [-0.4, -0.2) is 20.4 Å². The lowest BCUT2D eigenvalue weighted by Gasteiger charge is -2.13. The summed E-state index contributed by atoms with van der Waals surface area (Å²) in [6.45, 7) is -0.327. The first-order chi connectivity index (χ1) is 14.0. The van der Waals surface area contributed by atoms with Crippen LogP contribution in [0.2, 0.25) is 0 Å². The Morgan fingerprint density at radius 2 is 1.52 bits per heavy atom. The third-order valence-corrected chi connectivity index (χ3v) is 4.82. The fourth-order valence-corrected chi connectivity index (χ4v) is 3.51. The molecule has 5 rings (SSSR count). The summed E-state index contributed by atoms with van der Waals surface area (Å²) in [7, 11) is 0. The molecule has 1 aromatic heterocycles. The van der Waals surface area contributed by atoms with Crippen LogP contribution in [0.15, 0.2) is 70.1 Å². The molecule has 0 saturated heterocycles. The number of aliphatic hydroxyl groups is 2. The zero-order chi connectivity index (χ0) is 20.5. The fourth-order valence-electron chi connectivity index (χ4n) is 3.51. The molecule has 1 heterocycles. The van der Waals surface area contributed by atoms with E-state index in [1.54, 1.807) is 6.07 Å². The minimum atomic E-state index is -0.546. The Labute approximate surface area is 164 Å². The van der Waals surface area contributed by atoms with Crippen LogP contribution in [0.5, 0.6) is 11.5 Å². The molecule has 0 atom stereocenters. The molecule has 0 spiro atoms. The van der Waals surface area contributed by atoms with E-state index in [4.69, 9.17) is 10.2 Å². The maximum atomic E-state index is 10.6. The van der Waals surface area contributed by atoms with Gasteiger partial charge in [-0.1, -0.05) is 30.3 Å². The van der Waals surface area contributed by atoms with E-state index in [0.29, 0.717) is 5.75 Å². The van der Waals surface area contributed by atoms with Crippen LogP contribution in [0.1, 0.15) is 11.3 Å². The Balaban J connectivity index is 0.000000174. The molecule has 4 N–H and O–H groups in total. The van der Waals surface area contributed by atoms with Crippen LogP contribution < -0.4 is 5.43 Å². The summed E-state index contributed by atoms with van der Waals surface area (Å²) in [6, 6.07) is 16.8. The van der Waals surface area contributed by atoms with Crippen molar-refractivity contribution in [2.45, 2.75) is 13.2 Å². The number of phenols is 1. The van der Waals surface area contributed by atoms with Gasteiger partial charge in [0.1, 0.15) is 24.4 Å². The number of aromatic hydroxyl groups is 2. The quantitative estimate of drug-likeness (QED) is 0.343. The maximum Gasteiger partial charge on any atom is 0.226 e. The second kappa shape index (κ2) is 7.43. The number of aliphatic hydroxyl groups excluding tert-OH is 2. The SMILES string of the molecule is O=c1cc(CO)occ1O.OCc1cc2ccc3cccc4c(O)cc(c1)c2c34. The average molecular weight is 390 g/mol. The highest BCUT2D eigenvalue weighted by Gasteiger charge is 2.11. The molecule has 0 amide bonds. The van der Waals surface area contributed by atoms with Crippen molar-refractivity contribution in [2.24, 2.45) is 0 Å². The van der Waals surface area contributed by atoms with Crippen LogP contribution >= 0.6 is 0 Å². The molecule has 6 nitrogen and oxygen atoms in total. The van der Waals surface area contributed by atoms with E-state index < -0.39 is 11.2 Å². The summed E-state index contributed by atoms with van der Waals surface area (Å²) in [5.41, 5.74) is 0.320. The first kappa shape index (κ1) is 18.7. The zero-order valence-corrected chi connectivity index (χ0v) is 15.3. The number of hydrogen-bond donors (Lipinski definition) is 4. The molecule has 0 fully saturated rings. The van der Waals surface area contributed by atoms with Crippen molar-refractivity contribution in [3.63, 3.8) is 0 Å². The van der Waals surface area contributed by atoms with Crippen molar-refractivity contribution < 1.29 is 24.8 Å². The van der Waals surface area contributed by atoms with Gasteiger partial charge in [0.15, 0.2) is 5.75 Å². The molecule has 0 aliphatic carbocycles. The van der Waals surface area contributed by atoms with Gasteiger partial charge in [-0.05, 0) is 45.3 Å². The molecule has 0 unspecified atom stereocenters. The summed E-state index contributed by atoms with van der Waals surface area (Å²) in [5.74, 6) is -0.0133. The van der Waals surface area contributed by atoms with Crippen LogP contribution in [0.25, 0.3) is 32.3 Å². The van der Waals surface area contributed by atoms with Gasteiger partial charge in [0, 0.05) is 16.8 Å². The van der Waals surface area contributed by atoms with Gasteiger partial charge in [-0.15, -0.1) is 0 Å². The highest BCUT2D eigenvalue weighted by Crippen LogP contribution is 2.39. The highest BCUT2D eigenvalue weighted by atomic mass is 16.4. The molecular formula is C23H18O6. The highest BCUT2D eigenvalue weighted by molar-refractivity contribution is 6.24. The van der Waals surface area contributed by atoms with Gasteiger partial charge in [-0.2, -0.15) is 0 Å². The topological polar surface area (TPSA) is 111 Å². The summed E-state index contributed by atoms with van der Waals surface area (Å²) in [6.07, 6.45) is 0.897. The number of rotatable bonds is 2. The molecule has 5 aromatic rings. The number of hydrogen-bond acceptors (Lipinski definition) is 6. The predicted molar refractivity (Wildman–Crippen MR) is 110 cm³/mol. The Hall–Kier alpha value is -3.61. The molecule has 146 valence electrons.